The predicted octanol–water partition coefficient (Wildman–Crippen LogP) is 1.34. The van der Waals surface area contributed by atoms with Crippen LogP contribution in [0.15, 0.2) is 0 Å². The van der Waals surface area contributed by atoms with Gasteiger partial charge < -0.3 is 0 Å². The predicted molar refractivity (Wildman–Crippen MR) is 25.3 cm³/mol. The van der Waals surface area contributed by atoms with E-state index in [2.05, 4.69) is 0 Å². The standard InChI is InChI=1S/C3F6O2S/c4-1(10)2(5,12(9)11)3(6,7)8. The van der Waals surface area contributed by atoms with E-state index in [0.29, 0.717) is 0 Å². The van der Waals surface area contributed by atoms with Gasteiger partial charge in [-0.25, -0.2) is 8.60 Å². The first-order valence-electron chi connectivity index (χ1n) is 2.17. The Morgan fingerprint density at radius 1 is 1.17 bits per heavy atom. The molecule has 2 atom stereocenters. The van der Waals surface area contributed by atoms with Crippen molar-refractivity contribution in [3.8, 4) is 0 Å². The Balaban J connectivity index is 5.17. The van der Waals surface area contributed by atoms with Crippen LogP contribution >= 0.6 is 0 Å². The van der Waals surface area contributed by atoms with Crippen molar-refractivity contribution in [2.24, 2.45) is 0 Å². The van der Waals surface area contributed by atoms with Gasteiger partial charge >= 0.3 is 17.2 Å². The van der Waals surface area contributed by atoms with Gasteiger partial charge in [0.05, 0.1) is 0 Å². The third kappa shape index (κ3) is 1.59. The fraction of sp³-hybridized carbons (Fsp3) is 0.667. The van der Waals surface area contributed by atoms with Crippen LogP contribution in [0.2, 0.25) is 0 Å². The molecule has 0 saturated carbocycles. The molecule has 0 spiro atoms. The first-order chi connectivity index (χ1) is 5.14. The summed E-state index contributed by atoms with van der Waals surface area (Å²) in [5, 5.41) is -5.56. The van der Waals surface area contributed by atoms with Crippen LogP contribution in [0, 0.1) is 0 Å². The van der Waals surface area contributed by atoms with E-state index in [1.54, 1.807) is 0 Å². The van der Waals surface area contributed by atoms with E-state index in [1.807, 2.05) is 0 Å². The van der Waals surface area contributed by atoms with Gasteiger partial charge in [0.2, 0.25) is 0 Å². The van der Waals surface area contributed by atoms with Crippen molar-refractivity contribution in [1.29, 1.82) is 0 Å². The number of carbonyl (C=O) groups is 1. The maximum Gasteiger partial charge on any atom is 0.448 e. The number of hydrogen-bond acceptors (Lipinski definition) is 2. The molecule has 0 aliphatic heterocycles. The Kier molecular flexibility index (Phi) is 2.88. The van der Waals surface area contributed by atoms with E-state index in [-0.39, 0.29) is 0 Å². The molecule has 0 rings (SSSR count). The lowest BCUT2D eigenvalue weighted by atomic mass is 10.4. The maximum atomic E-state index is 12.0. The quantitative estimate of drug-likeness (QED) is 0.513. The van der Waals surface area contributed by atoms with Crippen molar-refractivity contribution < 1.29 is 34.8 Å². The van der Waals surface area contributed by atoms with Crippen molar-refractivity contribution in [2.45, 2.75) is 11.2 Å². The number of hydrogen-bond donors (Lipinski definition) is 0. The molecular weight excluding hydrogens is 214 g/mol. The number of halogens is 6. The molecule has 2 unspecified atom stereocenters. The second kappa shape index (κ2) is 3.04. The summed E-state index contributed by atoms with van der Waals surface area (Å²) in [4.78, 5) is 9.36. The normalized spacial score (nSPS) is 19.8. The molecule has 0 N–H and O–H groups in total. The Morgan fingerprint density at radius 3 is 1.50 bits per heavy atom. The van der Waals surface area contributed by atoms with E-state index in [9.17, 15) is 34.8 Å². The number of alkyl halides is 4. The Morgan fingerprint density at radius 2 is 1.50 bits per heavy atom. The molecule has 2 nitrogen and oxygen atoms in total. The molecule has 0 saturated heterocycles. The van der Waals surface area contributed by atoms with Gasteiger partial charge in [-0.05, 0) is 0 Å². The summed E-state index contributed by atoms with van der Waals surface area (Å²) < 4.78 is 78.2. The SMILES string of the molecule is O=C(F)C(F)(S(=O)F)C(F)(F)F. The smallest absolute Gasteiger partial charge is 0.256 e. The monoisotopic (exact) mass is 214 g/mol. The lowest BCUT2D eigenvalue weighted by Crippen LogP contribution is -2.48. The summed E-state index contributed by atoms with van der Waals surface area (Å²) in [5.41, 5.74) is 0. The second-order valence-electron chi connectivity index (χ2n) is 1.59. The largest absolute Gasteiger partial charge is 0.448 e. The van der Waals surface area contributed by atoms with Gasteiger partial charge in [-0.15, -0.1) is 3.89 Å². The molecule has 0 radical (unpaired) electrons. The van der Waals surface area contributed by atoms with Crippen molar-refractivity contribution in [1.82, 2.24) is 0 Å². The minimum atomic E-state index is -6.17. The van der Waals surface area contributed by atoms with Crippen LogP contribution in [0.3, 0.4) is 0 Å². The van der Waals surface area contributed by atoms with Gasteiger partial charge in [-0.3, -0.25) is 4.79 Å². The van der Waals surface area contributed by atoms with Gasteiger partial charge in [-0.2, -0.15) is 17.6 Å². The van der Waals surface area contributed by atoms with Crippen molar-refractivity contribution in [2.75, 3.05) is 0 Å². The summed E-state index contributed by atoms with van der Waals surface area (Å²) in [6, 6.07) is -3.67. The zero-order chi connectivity index (χ0) is 10.2. The molecule has 0 aromatic rings. The highest BCUT2D eigenvalue weighted by Crippen LogP contribution is 2.38. The molecular formula is C3F6O2S. The molecule has 72 valence electrons. The number of rotatable bonds is 2. The van der Waals surface area contributed by atoms with Crippen LogP contribution in [-0.2, 0) is 16.0 Å². The fourth-order valence-electron chi connectivity index (χ4n) is 0.266. The molecule has 0 aromatic carbocycles. The minimum absolute atomic E-state index is 3.67. The molecule has 0 aliphatic carbocycles. The van der Waals surface area contributed by atoms with Gasteiger partial charge in [0.25, 0.3) is 11.2 Å². The maximum absolute atomic E-state index is 12.0. The molecule has 0 heterocycles. The first kappa shape index (κ1) is 11.4. The topological polar surface area (TPSA) is 34.1 Å². The van der Waals surface area contributed by atoms with Gasteiger partial charge in [0.15, 0.2) is 0 Å². The van der Waals surface area contributed by atoms with Crippen LogP contribution in [0.25, 0.3) is 0 Å². The Hall–Kier alpha value is -0.600. The van der Waals surface area contributed by atoms with Crippen molar-refractivity contribution in [3.05, 3.63) is 0 Å². The third-order valence-electron chi connectivity index (χ3n) is 0.839. The highest BCUT2D eigenvalue weighted by molar-refractivity contribution is 7.82. The Labute approximate surface area is 64.3 Å². The summed E-state index contributed by atoms with van der Waals surface area (Å²) >= 11 is -4.78. The minimum Gasteiger partial charge on any atom is -0.256 e. The molecule has 0 bridgehead atoms. The zero-order valence-corrected chi connectivity index (χ0v) is 5.81. The lowest BCUT2D eigenvalue weighted by Gasteiger charge is -2.17. The van der Waals surface area contributed by atoms with E-state index in [0.717, 1.165) is 0 Å². The van der Waals surface area contributed by atoms with Gasteiger partial charge in [-0.1, -0.05) is 0 Å². The lowest BCUT2D eigenvalue weighted by molar-refractivity contribution is -0.205. The average Bonchev–Trinajstić information content (AvgIpc) is 1.82. The van der Waals surface area contributed by atoms with Crippen LogP contribution < -0.4 is 0 Å². The van der Waals surface area contributed by atoms with Crippen LogP contribution in [0.4, 0.5) is 25.8 Å². The summed E-state index contributed by atoms with van der Waals surface area (Å²) in [7, 11) is 0. The highest BCUT2D eigenvalue weighted by atomic mass is 32.2. The average molecular weight is 214 g/mol. The molecule has 0 fully saturated rings. The van der Waals surface area contributed by atoms with E-state index in [1.165, 1.54) is 0 Å². The third-order valence-corrected chi connectivity index (χ3v) is 1.67. The van der Waals surface area contributed by atoms with E-state index >= 15 is 0 Å². The molecule has 0 aromatic heterocycles. The summed E-state index contributed by atoms with van der Waals surface area (Å²) in [5.74, 6) is 0. The van der Waals surface area contributed by atoms with Gasteiger partial charge in [0, 0.05) is 0 Å². The second-order valence-corrected chi connectivity index (χ2v) is 2.60. The van der Waals surface area contributed by atoms with Crippen LogP contribution in [-0.4, -0.2) is 21.4 Å². The van der Waals surface area contributed by atoms with Crippen LogP contribution in [0.1, 0.15) is 0 Å². The Bertz CT molecular complexity index is 207. The summed E-state index contributed by atoms with van der Waals surface area (Å²) in [6.07, 6.45) is -6.17. The zero-order valence-electron chi connectivity index (χ0n) is 4.99. The molecule has 0 aliphatic rings. The van der Waals surface area contributed by atoms with E-state index in [4.69, 9.17) is 0 Å². The van der Waals surface area contributed by atoms with E-state index < -0.39 is 28.4 Å². The van der Waals surface area contributed by atoms with Gasteiger partial charge in [0.1, 0.15) is 0 Å². The molecule has 9 heteroatoms. The molecule has 12 heavy (non-hydrogen) atoms. The molecule has 0 amide bonds. The first-order valence-corrected chi connectivity index (χ1v) is 3.22. The highest BCUT2D eigenvalue weighted by Gasteiger charge is 2.68. The van der Waals surface area contributed by atoms with Crippen molar-refractivity contribution in [3.63, 3.8) is 0 Å². The number of carbonyl (C=O) groups excluding carboxylic acids is 1. The van der Waals surface area contributed by atoms with Crippen LogP contribution in [0.5, 0.6) is 0 Å². The fourth-order valence-corrected chi connectivity index (χ4v) is 0.574. The van der Waals surface area contributed by atoms with Crippen molar-refractivity contribution >= 4 is 17.2 Å². The summed E-state index contributed by atoms with van der Waals surface area (Å²) in [6.45, 7) is 0.